The Labute approximate surface area is 164 Å². The van der Waals surface area contributed by atoms with Gasteiger partial charge in [0.15, 0.2) is 0 Å². The van der Waals surface area contributed by atoms with Crippen LogP contribution in [0.25, 0.3) is 11.0 Å². The van der Waals surface area contributed by atoms with Crippen LogP contribution in [0.15, 0.2) is 56.3 Å². The third-order valence-electron chi connectivity index (χ3n) is 4.59. The number of nitrogens with zero attached hydrogens (tertiary/aromatic N) is 3. The largest absolute Gasteiger partial charge is 0.423 e. The number of anilines is 1. The highest BCUT2D eigenvalue weighted by molar-refractivity contribution is 9.10. The minimum Gasteiger partial charge on any atom is -0.423 e. The van der Waals surface area contributed by atoms with Crippen molar-refractivity contribution in [1.29, 1.82) is 0 Å². The van der Waals surface area contributed by atoms with E-state index in [1.165, 1.54) is 0 Å². The second-order valence-electron chi connectivity index (χ2n) is 6.33. The lowest BCUT2D eigenvalue weighted by atomic mass is 10.1. The van der Waals surface area contributed by atoms with Crippen LogP contribution < -0.4 is 10.5 Å². The Balaban J connectivity index is 1.48. The fourth-order valence-electron chi connectivity index (χ4n) is 3.27. The lowest BCUT2D eigenvalue weighted by Crippen LogP contribution is -2.46. The number of hydrogen-bond acceptors (Lipinski definition) is 5. The second kappa shape index (κ2) is 7.39. The SMILES string of the molecule is O=c1cc(CN2CCN(c3ccc(Cl)cn3)CC2)c2ccc(Br)cc2o1. The molecule has 0 amide bonds. The number of pyridine rings is 1. The van der Waals surface area contributed by atoms with Gasteiger partial charge in [0.1, 0.15) is 11.4 Å². The third-order valence-corrected chi connectivity index (χ3v) is 5.31. The third kappa shape index (κ3) is 3.77. The Morgan fingerprint density at radius 1 is 1.12 bits per heavy atom. The molecule has 5 nitrogen and oxygen atoms in total. The molecule has 0 radical (unpaired) electrons. The van der Waals surface area contributed by atoms with E-state index in [1.807, 2.05) is 30.3 Å². The van der Waals surface area contributed by atoms with E-state index in [9.17, 15) is 4.79 Å². The summed E-state index contributed by atoms with van der Waals surface area (Å²) >= 11 is 9.33. The molecule has 1 aliphatic heterocycles. The standard InChI is InChI=1S/C19H17BrClN3O2/c20-14-1-3-16-13(9-19(25)26-17(16)10-14)12-23-5-7-24(8-6-23)18-4-2-15(21)11-22-18/h1-4,9-11H,5-8,12H2. The van der Waals surface area contributed by atoms with Gasteiger partial charge in [-0.25, -0.2) is 9.78 Å². The molecule has 0 aliphatic carbocycles. The molecule has 0 unspecified atom stereocenters. The van der Waals surface area contributed by atoms with Crippen molar-refractivity contribution in [2.45, 2.75) is 6.54 Å². The van der Waals surface area contributed by atoms with Gasteiger partial charge in [0.05, 0.1) is 5.02 Å². The second-order valence-corrected chi connectivity index (χ2v) is 7.68. The van der Waals surface area contributed by atoms with E-state index in [0.29, 0.717) is 10.6 Å². The number of fused-ring (bicyclic) bond motifs is 1. The topological polar surface area (TPSA) is 49.6 Å². The number of aromatic nitrogens is 1. The summed E-state index contributed by atoms with van der Waals surface area (Å²) in [6.45, 7) is 4.32. The molecule has 7 heteroatoms. The molecule has 0 atom stereocenters. The number of hydrogen-bond donors (Lipinski definition) is 0. The van der Waals surface area contributed by atoms with Gasteiger partial charge in [-0.3, -0.25) is 4.90 Å². The number of benzene rings is 1. The van der Waals surface area contributed by atoms with Crippen molar-refractivity contribution in [3.8, 4) is 0 Å². The van der Waals surface area contributed by atoms with Crippen molar-refractivity contribution in [3.05, 3.63) is 68.1 Å². The summed E-state index contributed by atoms with van der Waals surface area (Å²) in [6.07, 6.45) is 1.68. The molecule has 3 heterocycles. The minimum absolute atomic E-state index is 0.311. The average molecular weight is 435 g/mol. The van der Waals surface area contributed by atoms with Crippen molar-refractivity contribution >= 4 is 44.3 Å². The smallest absolute Gasteiger partial charge is 0.336 e. The number of rotatable bonds is 3. The molecule has 1 fully saturated rings. The zero-order valence-electron chi connectivity index (χ0n) is 14.0. The highest BCUT2D eigenvalue weighted by atomic mass is 79.9. The van der Waals surface area contributed by atoms with E-state index in [2.05, 4.69) is 30.7 Å². The van der Waals surface area contributed by atoms with E-state index in [-0.39, 0.29) is 5.63 Å². The van der Waals surface area contributed by atoms with Gasteiger partial charge in [0.2, 0.25) is 0 Å². The van der Waals surface area contributed by atoms with Gasteiger partial charge >= 0.3 is 5.63 Å². The summed E-state index contributed by atoms with van der Waals surface area (Å²) in [5.74, 6) is 0.949. The molecule has 4 rings (SSSR count). The Morgan fingerprint density at radius 2 is 1.92 bits per heavy atom. The molecule has 0 N–H and O–H groups in total. The number of halogens is 2. The van der Waals surface area contributed by atoms with E-state index < -0.39 is 0 Å². The predicted molar refractivity (Wildman–Crippen MR) is 107 cm³/mol. The molecule has 3 aromatic rings. The summed E-state index contributed by atoms with van der Waals surface area (Å²) < 4.78 is 6.22. The maximum atomic E-state index is 11.9. The lowest BCUT2D eigenvalue weighted by molar-refractivity contribution is 0.249. The van der Waals surface area contributed by atoms with Gasteiger partial charge < -0.3 is 9.32 Å². The Kier molecular flexibility index (Phi) is 4.98. The Bertz CT molecular complexity index is 982. The van der Waals surface area contributed by atoms with Gasteiger partial charge in [-0.1, -0.05) is 27.5 Å². The van der Waals surface area contributed by atoms with Gasteiger partial charge in [-0.05, 0) is 35.9 Å². The predicted octanol–water partition coefficient (Wildman–Crippen LogP) is 3.93. The molecule has 0 spiro atoms. The van der Waals surface area contributed by atoms with Crippen molar-refractivity contribution in [2.24, 2.45) is 0 Å². The number of piperazine rings is 1. The highest BCUT2D eigenvalue weighted by Crippen LogP contribution is 2.23. The quantitative estimate of drug-likeness (QED) is 0.585. The fourth-order valence-corrected chi connectivity index (χ4v) is 3.72. The molecule has 0 bridgehead atoms. The minimum atomic E-state index is -0.311. The first-order valence-corrected chi connectivity index (χ1v) is 9.57. The van der Waals surface area contributed by atoms with Crippen molar-refractivity contribution in [1.82, 2.24) is 9.88 Å². The van der Waals surface area contributed by atoms with Gasteiger partial charge in [-0.15, -0.1) is 0 Å². The Hall–Kier alpha value is -1.89. The molecule has 2 aromatic heterocycles. The molecular formula is C19H17BrClN3O2. The summed E-state index contributed by atoms with van der Waals surface area (Å²) in [4.78, 5) is 20.9. The molecular weight excluding hydrogens is 418 g/mol. The van der Waals surface area contributed by atoms with Crippen LogP contribution in [-0.2, 0) is 6.54 Å². The van der Waals surface area contributed by atoms with Gasteiger partial charge in [0.25, 0.3) is 0 Å². The maximum absolute atomic E-state index is 11.9. The Morgan fingerprint density at radius 3 is 2.65 bits per heavy atom. The van der Waals surface area contributed by atoms with E-state index in [0.717, 1.165) is 54.0 Å². The zero-order valence-corrected chi connectivity index (χ0v) is 16.3. The fraction of sp³-hybridized carbons (Fsp3) is 0.263. The first-order chi connectivity index (χ1) is 12.6. The van der Waals surface area contributed by atoms with Crippen LogP contribution in [0.2, 0.25) is 5.02 Å². The zero-order chi connectivity index (χ0) is 18.1. The molecule has 1 saturated heterocycles. The summed E-state index contributed by atoms with van der Waals surface area (Å²) in [6, 6.07) is 11.2. The van der Waals surface area contributed by atoms with Crippen molar-refractivity contribution in [2.75, 3.05) is 31.1 Å². The van der Waals surface area contributed by atoms with Crippen molar-refractivity contribution < 1.29 is 4.42 Å². The van der Waals surface area contributed by atoms with E-state index in [1.54, 1.807) is 12.3 Å². The first-order valence-electron chi connectivity index (χ1n) is 8.40. The summed E-state index contributed by atoms with van der Waals surface area (Å²) in [5, 5.41) is 1.63. The molecule has 0 saturated carbocycles. The van der Waals surface area contributed by atoms with Gasteiger partial charge in [-0.2, -0.15) is 0 Å². The summed E-state index contributed by atoms with van der Waals surface area (Å²) in [5.41, 5.74) is 1.31. The first kappa shape index (κ1) is 17.5. The van der Waals surface area contributed by atoms with Crippen molar-refractivity contribution in [3.63, 3.8) is 0 Å². The van der Waals surface area contributed by atoms with E-state index in [4.69, 9.17) is 16.0 Å². The lowest BCUT2D eigenvalue weighted by Gasteiger charge is -2.35. The van der Waals surface area contributed by atoms with Crippen LogP contribution in [0.4, 0.5) is 5.82 Å². The van der Waals surface area contributed by atoms with Crippen LogP contribution in [0.1, 0.15) is 5.56 Å². The normalized spacial score (nSPS) is 15.5. The van der Waals surface area contributed by atoms with Crippen LogP contribution in [-0.4, -0.2) is 36.1 Å². The molecule has 134 valence electrons. The average Bonchev–Trinajstić information content (AvgIpc) is 2.62. The van der Waals surface area contributed by atoms with Crippen LogP contribution in [0.3, 0.4) is 0 Å². The van der Waals surface area contributed by atoms with Crippen LogP contribution >= 0.6 is 27.5 Å². The molecule has 26 heavy (non-hydrogen) atoms. The highest BCUT2D eigenvalue weighted by Gasteiger charge is 2.19. The maximum Gasteiger partial charge on any atom is 0.336 e. The summed E-state index contributed by atoms with van der Waals surface area (Å²) in [7, 11) is 0. The van der Waals surface area contributed by atoms with Crippen LogP contribution in [0, 0.1) is 0 Å². The molecule has 1 aliphatic rings. The van der Waals surface area contributed by atoms with Crippen LogP contribution in [0.5, 0.6) is 0 Å². The van der Waals surface area contributed by atoms with Gasteiger partial charge in [0, 0.05) is 54.8 Å². The van der Waals surface area contributed by atoms with E-state index >= 15 is 0 Å². The molecule has 1 aromatic carbocycles. The monoisotopic (exact) mass is 433 g/mol.